The largest absolute Gasteiger partial charge is 0.276 e. The fraction of sp³-hybridized carbons (Fsp3) is 0.278. The second-order valence-electron chi connectivity index (χ2n) is 6.11. The molecule has 0 N–H and O–H groups in total. The monoisotopic (exact) mass is 320 g/mol. The zero-order valence-electron chi connectivity index (χ0n) is 12.9. The minimum absolute atomic E-state index is 0.0888. The van der Waals surface area contributed by atoms with E-state index in [0.717, 1.165) is 17.2 Å². The van der Waals surface area contributed by atoms with E-state index in [2.05, 4.69) is 45.2 Å². The molecule has 1 aliphatic heterocycles. The van der Waals surface area contributed by atoms with Crippen LogP contribution < -0.4 is 0 Å². The third-order valence-electron chi connectivity index (χ3n) is 4.71. The van der Waals surface area contributed by atoms with E-state index in [1.807, 2.05) is 24.3 Å². The molecule has 5 heteroatoms. The highest BCUT2D eigenvalue weighted by Gasteiger charge is 2.30. The Morgan fingerprint density at radius 2 is 2.00 bits per heavy atom. The van der Waals surface area contributed by atoms with Gasteiger partial charge in [0.25, 0.3) is 0 Å². The van der Waals surface area contributed by atoms with Gasteiger partial charge in [0, 0.05) is 16.7 Å². The van der Waals surface area contributed by atoms with Crippen molar-refractivity contribution in [2.75, 3.05) is 0 Å². The van der Waals surface area contributed by atoms with Crippen LogP contribution >= 0.6 is 11.3 Å². The normalized spacial score (nSPS) is 18.4. The molecule has 23 heavy (non-hydrogen) atoms. The molecule has 0 bridgehead atoms. The lowest BCUT2D eigenvalue weighted by atomic mass is 10.1. The molecular weight excluding hydrogens is 304 g/mol. The summed E-state index contributed by atoms with van der Waals surface area (Å²) in [6.45, 7) is 2.03. The van der Waals surface area contributed by atoms with Crippen LogP contribution in [0, 0.1) is 6.92 Å². The maximum Gasteiger partial charge on any atom is 0.167 e. The van der Waals surface area contributed by atoms with Crippen molar-refractivity contribution in [2.24, 2.45) is 4.99 Å². The molecule has 4 nitrogen and oxygen atoms in total. The smallest absolute Gasteiger partial charge is 0.167 e. The van der Waals surface area contributed by atoms with Crippen LogP contribution in [0.25, 0.3) is 5.00 Å². The Hall–Kier alpha value is -2.27. The summed E-state index contributed by atoms with van der Waals surface area (Å²) in [5.41, 5.74) is 3.93. The number of rotatable bonds is 1. The first-order valence-corrected chi connectivity index (χ1v) is 8.79. The zero-order valence-corrected chi connectivity index (χ0v) is 13.7. The van der Waals surface area contributed by atoms with Gasteiger partial charge in [-0.05, 0) is 37.3 Å². The van der Waals surface area contributed by atoms with E-state index in [9.17, 15) is 0 Å². The maximum atomic E-state index is 4.90. The molecule has 0 radical (unpaired) electrons. The Kier molecular flexibility index (Phi) is 2.79. The summed E-state index contributed by atoms with van der Waals surface area (Å²) in [4.78, 5) is 6.41. The average Bonchev–Trinajstić information content (AvgIpc) is 3.22. The van der Waals surface area contributed by atoms with E-state index in [1.54, 1.807) is 0 Å². The van der Waals surface area contributed by atoms with Crippen molar-refractivity contribution >= 4 is 17.6 Å². The molecule has 3 heterocycles. The third kappa shape index (κ3) is 1.86. The van der Waals surface area contributed by atoms with Crippen LogP contribution in [-0.4, -0.2) is 21.0 Å². The molecule has 114 valence electrons. The number of aryl methyl sites for hydroxylation is 2. The summed E-state index contributed by atoms with van der Waals surface area (Å²) < 4.78 is 2.21. The first-order valence-electron chi connectivity index (χ1n) is 7.98. The van der Waals surface area contributed by atoms with Gasteiger partial charge in [-0.3, -0.25) is 9.56 Å². The van der Waals surface area contributed by atoms with Gasteiger partial charge in [-0.25, -0.2) is 0 Å². The molecule has 0 fully saturated rings. The van der Waals surface area contributed by atoms with Gasteiger partial charge in [0.05, 0.1) is 0 Å². The quantitative estimate of drug-likeness (QED) is 0.687. The van der Waals surface area contributed by atoms with E-state index < -0.39 is 0 Å². The molecule has 1 atom stereocenters. The summed E-state index contributed by atoms with van der Waals surface area (Å²) in [5, 5.41) is 10.0. The van der Waals surface area contributed by atoms with Crippen LogP contribution in [0.1, 0.15) is 45.7 Å². The second-order valence-corrected chi connectivity index (χ2v) is 7.19. The van der Waals surface area contributed by atoms with Crippen LogP contribution in [0.3, 0.4) is 0 Å². The van der Waals surface area contributed by atoms with Gasteiger partial charge in [0.2, 0.25) is 0 Å². The number of fused-ring (bicyclic) bond motifs is 5. The number of hydrogen-bond donors (Lipinski definition) is 0. The van der Waals surface area contributed by atoms with Crippen molar-refractivity contribution in [1.82, 2.24) is 14.8 Å². The minimum Gasteiger partial charge on any atom is -0.276 e. The molecule has 3 aromatic rings. The summed E-state index contributed by atoms with van der Waals surface area (Å²) in [7, 11) is 0. The molecule has 1 aromatic carbocycles. The molecule has 1 aliphatic carbocycles. The fourth-order valence-electron chi connectivity index (χ4n) is 3.61. The fourth-order valence-corrected chi connectivity index (χ4v) is 5.02. The predicted octanol–water partition coefficient (Wildman–Crippen LogP) is 3.65. The van der Waals surface area contributed by atoms with Crippen molar-refractivity contribution in [3.05, 3.63) is 63.5 Å². The summed E-state index contributed by atoms with van der Waals surface area (Å²) in [5.74, 6) is 1.86. The van der Waals surface area contributed by atoms with Crippen LogP contribution in [0.5, 0.6) is 0 Å². The molecular formula is C18H16N4S. The molecule has 0 saturated carbocycles. The van der Waals surface area contributed by atoms with Crippen LogP contribution in [-0.2, 0) is 12.8 Å². The van der Waals surface area contributed by atoms with Gasteiger partial charge in [0.1, 0.15) is 16.9 Å². The SMILES string of the molecule is Cc1nnc2n1-c1sc3c(c1C=NC2c1ccccc1)CCC3. The molecule has 0 spiro atoms. The van der Waals surface area contributed by atoms with Gasteiger partial charge in [-0.15, -0.1) is 21.5 Å². The van der Waals surface area contributed by atoms with Crippen molar-refractivity contribution in [3.8, 4) is 5.00 Å². The van der Waals surface area contributed by atoms with Crippen LogP contribution in [0.4, 0.5) is 0 Å². The highest BCUT2D eigenvalue weighted by atomic mass is 32.1. The Morgan fingerprint density at radius 1 is 1.13 bits per heavy atom. The number of nitrogens with zero attached hydrogens (tertiary/aromatic N) is 4. The van der Waals surface area contributed by atoms with E-state index in [0.29, 0.717) is 0 Å². The van der Waals surface area contributed by atoms with Crippen molar-refractivity contribution in [1.29, 1.82) is 0 Å². The first kappa shape index (κ1) is 13.2. The molecule has 2 aliphatic rings. The number of hydrogen-bond acceptors (Lipinski definition) is 4. The lowest BCUT2D eigenvalue weighted by molar-refractivity contribution is 0.763. The predicted molar refractivity (Wildman–Crippen MR) is 91.9 cm³/mol. The van der Waals surface area contributed by atoms with Gasteiger partial charge < -0.3 is 0 Å². The van der Waals surface area contributed by atoms with Crippen molar-refractivity contribution < 1.29 is 0 Å². The van der Waals surface area contributed by atoms with Crippen molar-refractivity contribution in [2.45, 2.75) is 32.2 Å². The third-order valence-corrected chi connectivity index (χ3v) is 6.00. The Morgan fingerprint density at radius 3 is 2.87 bits per heavy atom. The minimum atomic E-state index is -0.0888. The topological polar surface area (TPSA) is 43.1 Å². The highest BCUT2D eigenvalue weighted by molar-refractivity contribution is 7.15. The van der Waals surface area contributed by atoms with E-state index in [4.69, 9.17) is 4.99 Å². The summed E-state index contributed by atoms with van der Waals surface area (Å²) in [6.07, 6.45) is 5.69. The number of benzene rings is 1. The van der Waals surface area contributed by atoms with E-state index in [-0.39, 0.29) is 6.04 Å². The zero-order chi connectivity index (χ0) is 15.4. The van der Waals surface area contributed by atoms with E-state index >= 15 is 0 Å². The van der Waals surface area contributed by atoms with Crippen LogP contribution in [0.2, 0.25) is 0 Å². The molecule has 0 saturated heterocycles. The van der Waals surface area contributed by atoms with Gasteiger partial charge >= 0.3 is 0 Å². The average molecular weight is 320 g/mol. The lowest BCUT2D eigenvalue weighted by Gasteiger charge is -2.12. The highest BCUT2D eigenvalue weighted by Crippen LogP contribution is 2.41. The number of aliphatic imine (C=N–C) groups is 1. The Bertz CT molecular complexity index is 920. The van der Waals surface area contributed by atoms with Crippen LogP contribution in [0.15, 0.2) is 35.3 Å². The van der Waals surface area contributed by atoms with Gasteiger partial charge in [-0.1, -0.05) is 30.3 Å². The van der Waals surface area contributed by atoms with Gasteiger partial charge in [0.15, 0.2) is 5.82 Å². The van der Waals surface area contributed by atoms with Crippen molar-refractivity contribution in [3.63, 3.8) is 0 Å². The first-order chi connectivity index (χ1) is 11.3. The summed E-state index contributed by atoms with van der Waals surface area (Å²) in [6, 6.07) is 10.3. The number of thiophene rings is 1. The molecule has 5 rings (SSSR count). The molecule has 0 amide bonds. The standard InChI is InChI=1S/C18H16N4S/c1-11-20-21-17-16(12-6-3-2-4-7-12)19-10-14-13-8-5-9-15(13)23-18(14)22(11)17/h2-4,6-7,10,16H,5,8-9H2,1H3. The molecule has 1 unspecified atom stereocenters. The summed E-state index contributed by atoms with van der Waals surface area (Å²) >= 11 is 1.89. The lowest BCUT2D eigenvalue weighted by Crippen LogP contribution is -2.06. The molecule has 2 aromatic heterocycles. The second kappa shape index (κ2) is 4.86. The van der Waals surface area contributed by atoms with Gasteiger partial charge in [-0.2, -0.15) is 0 Å². The maximum absolute atomic E-state index is 4.90. The number of aromatic nitrogens is 3. The Balaban J connectivity index is 1.77. The Labute approximate surface area is 138 Å². The van der Waals surface area contributed by atoms with E-state index in [1.165, 1.54) is 40.3 Å².